The van der Waals surface area contributed by atoms with Gasteiger partial charge in [0.15, 0.2) is 0 Å². The highest BCUT2D eigenvalue weighted by atomic mass is 16.5. The maximum absolute atomic E-state index is 11.7. The Hall–Kier alpha value is -0.650. The number of ether oxygens (including phenoxy) is 2. The molecule has 5 heteroatoms. The summed E-state index contributed by atoms with van der Waals surface area (Å²) >= 11 is 0. The monoisotopic (exact) mass is 257 g/mol. The van der Waals surface area contributed by atoms with E-state index >= 15 is 0 Å². The molecule has 0 bridgehead atoms. The Morgan fingerprint density at radius 1 is 1.56 bits per heavy atom. The Bertz CT molecular complexity index is 318. The molecule has 1 N–H and O–H groups in total. The van der Waals surface area contributed by atoms with E-state index in [1.165, 1.54) is 7.11 Å². The molecule has 0 aliphatic carbocycles. The first-order valence-corrected chi connectivity index (χ1v) is 6.59. The molecule has 18 heavy (non-hydrogen) atoms. The molecule has 0 radical (unpaired) electrons. The number of rotatable bonds is 3. The van der Waals surface area contributed by atoms with Crippen molar-refractivity contribution in [1.29, 1.82) is 0 Å². The molecule has 2 aliphatic rings. The van der Waals surface area contributed by atoms with E-state index in [1.54, 1.807) is 0 Å². The van der Waals surface area contributed by atoms with Crippen LogP contribution in [0.1, 0.15) is 33.1 Å². The van der Waals surface area contributed by atoms with Crippen LogP contribution in [0.25, 0.3) is 0 Å². The smallest absolute Gasteiger partial charge is 0.323 e. The van der Waals surface area contributed by atoms with Crippen molar-refractivity contribution in [2.45, 2.75) is 57.0 Å². The molecule has 2 aliphatic heterocycles. The summed E-state index contributed by atoms with van der Waals surface area (Å²) in [5.74, 6) is -0.260. The summed E-state index contributed by atoms with van der Waals surface area (Å²) in [7, 11) is 1.39. The van der Waals surface area contributed by atoms with Gasteiger partial charge in [0.2, 0.25) is 0 Å². The molecule has 5 nitrogen and oxygen atoms in total. The second kappa shape index (κ2) is 5.15. The van der Waals surface area contributed by atoms with Gasteiger partial charge < -0.3 is 14.6 Å². The normalized spacial score (nSPS) is 35.9. The van der Waals surface area contributed by atoms with Crippen LogP contribution < -0.4 is 0 Å². The van der Waals surface area contributed by atoms with Gasteiger partial charge in [-0.2, -0.15) is 0 Å². The summed E-state index contributed by atoms with van der Waals surface area (Å²) in [4.78, 5) is 13.6. The molecule has 2 rings (SSSR count). The second-order valence-electron chi connectivity index (χ2n) is 5.92. The van der Waals surface area contributed by atoms with Crippen molar-refractivity contribution in [2.75, 3.05) is 20.2 Å². The highest BCUT2D eigenvalue weighted by Gasteiger charge is 2.40. The number of carbonyl (C=O) groups excluding carboxylic acids is 1. The molecular formula is C13H23NO4. The summed E-state index contributed by atoms with van der Waals surface area (Å²) < 4.78 is 10.7. The van der Waals surface area contributed by atoms with Crippen molar-refractivity contribution < 1.29 is 19.4 Å². The minimum absolute atomic E-state index is 0.0657. The Labute approximate surface area is 108 Å². The lowest BCUT2D eigenvalue weighted by Crippen LogP contribution is -2.41. The van der Waals surface area contributed by atoms with Crippen LogP contribution in [0.4, 0.5) is 0 Å². The highest BCUT2D eigenvalue weighted by molar-refractivity contribution is 5.76. The molecule has 0 aromatic carbocycles. The number of hydrogen-bond acceptors (Lipinski definition) is 5. The second-order valence-corrected chi connectivity index (χ2v) is 5.92. The van der Waals surface area contributed by atoms with Gasteiger partial charge in [0, 0.05) is 19.5 Å². The first kappa shape index (κ1) is 13.8. The zero-order chi connectivity index (χ0) is 13.3. The van der Waals surface area contributed by atoms with Gasteiger partial charge in [0.05, 0.1) is 24.9 Å². The Balaban J connectivity index is 1.93. The van der Waals surface area contributed by atoms with Crippen LogP contribution in [0.3, 0.4) is 0 Å². The minimum Gasteiger partial charge on any atom is -0.468 e. The maximum atomic E-state index is 11.7. The largest absolute Gasteiger partial charge is 0.468 e. The molecule has 2 heterocycles. The number of likely N-dealkylation sites (tertiary alicyclic amines) is 1. The van der Waals surface area contributed by atoms with Crippen LogP contribution in [0, 0.1) is 0 Å². The van der Waals surface area contributed by atoms with Crippen molar-refractivity contribution in [1.82, 2.24) is 4.90 Å². The van der Waals surface area contributed by atoms with E-state index in [0.29, 0.717) is 19.5 Å². The lowest BCUT2D eigenvalue weighted by atomic mass is 10.1. The molecule has 0 saturated carbocycles. The predicted molar refractivity (Wildman–Crippen MR) is 66.2 cm³/mol. The van der Waals surface area contributed by atoms with Crippen LogP contribution in [0.2, 0.25) is 0 Å². The van der Waals surface area contributed by atoms with E-state index in [4.69, 9.17) is 9.47 Å². The average Bonchev–Trinajstić information content (AvgIpc) is 2.81. The first-order valence-electron chi connectivity index (χ1n) is 6.59. The van der Waals surface area contributed by atoms with Crippen LogP contribution in [-0.4, -0.2) is 60.0 Å². The van der Waals surface area contributed by atoms with E-state index < -0.39 is 6.10 Å². The lowest BCUT2D eigenvalue weighted by molar-refractivity contribution is -0.146. The number of aliphatic hydroxyl groups is 1. The Morgan fingerprint density at radius 3 is 2.83 bits per heavy atom. The molecule has 3 atom stereocenters. The Kier molecular flexibility index (Phi) is 3.94. The third kappa shape index (κ3) is 3.02. The average molecular weight is 257 g/mol. The van der Waals surface area contributed by atoms with E-state index in [-0.39, 0.29) is 23.7 Å². The van der Waals surface area contributed by atoms with Crippen LogP contribution >= 0.6 is 0 Å². The third-order valence-electron chi connectivity index (χ3n) is 3.85. The van der Waals surface area contributed by atoms with Gasteiger partial charge in [-0.05, 0) is 26.7 Å². The van der Waals surface area contributed by atoms with Gasteiger partial charge in [-0.25, -0.2) is 0 Å². The SMILES string of the molecule is COC(=O)C1CC(O)CN1CC1CCC(C)(C)O1. The fraction of sp³-hybridized carbons (Fsp3) is 0.923. The van der Waals surface area contributed by atoms with Gasteiger partial charge in [-0.3, -0.25) is 9.69 Å². The van der Waals surface area contributed by atoms with Crippen LogP contribution in [0.5, 0.6) is 0 Å². The van der Waals surface area contributed by atoms with E-state index in [2.05, 4.69) is 13.8 Å². The number of hydrogen-bond donors (Lipinski definition) is 1. The number of aliphatic hydroxyl groups excluding tert-OH is 1. The predicted octanol–water partition coefficient (Wildman–Crippen LogP) is 0.552. The summed E-state index contributed by atoms with van der Waals surface area (Å²) in [6.45, 7) is 5.40. The molecule has 0 aromatic heterocycles. The lowest BCUT2D eigenvalue weighted by Gasteiger charge is -2.26. The van der Waals surface area contributed by atoms with Gasteiger partial charge in [-0.1, -0.05) is 0 Å². The van der Waals surface area contributed by atoms with Crippen molar-refractivity contribution in [2.24, 2.45) is 0 Å². The van der Waals surface area contributed by atoms with Gasteiger partial charge >= 0.3 is 5.97 Å². The molecular weight excluding hydrogens is 234 g/mol. The van der Waals surface area contributed by atoms with E-state index in [1.807, 2.05) is 4.90 Å². The van der Waals surface area contributed by atoms with Gasteiger partial charge in [-0.15, -0.1) is 0 Å². The van der Waals surface area contributed by atoms with Crippen LogP contribution in [0.15, 0.2) is 0 Å². The molecule has 0 aromatic rings. The highest BCUT2D eigenvalue weighted by Crippen LogP contribution is 2.31. The van der Waals surface area contributed by atoms with Crippen molar-refractivity contribution in [3.05, 3.63) is 0 Å². The fourth-order valence-electron chi connectivity index (χ4n) is 2.93. The summed E-state index contributed by atoms with van der Waals surface area (Å²) in [5.41, 5.74) is -0.0657. The minimum atomic E-state index is -0.441. The summed E-state index contributed by atoms with van der Waals surface area (Å²) in [6, 6.07) is -0.322. The molecule has 2 fully saturated rings. The number of β-amino-alcohol motifs (C(OH)–C–C–N with tert-alkyl or cyclic N) is 1. The summed E-state index contributed by atoms with van der Waals surface area (Å²) in [5, 5.41) is 9.70. The van der Waals surface area contributed by atoms with Crippen LogP contribution in [-0.2, 0) is 14.3 Å². The number of nitrogens with zero attached hydrogens (tertiary/aromatic N) is 1. The van der Waals surface area contributed by atoms with Crippen molar-refractivity contribution >= 4 is 5.97 Å². The third-order valence-corrected chi connectivity index (χ3v) is 3.85. The van der Waals surface area contributed by atoms with E-state index in [0.717, 1.165) is 12.8 Å². The number of carbonyl (C=O) groups is 1. The van der Waals surface area contributed by atoms with Gasteiger partial charge in [0.1, 0.15) is 6.04 Å². The topological polar surface area (TPSA) is 59.0 Å². The van der Waals surface area contributed by atoms with Crippen molar-refractivity contribution in [3.8, 4) is 0 Å². The number of esters is 1. The van der Waals surface area contributed by atoms with Gasteiger partial charge in [0.25, 0.3) is 0 Å². The number of methoxy groups -OCH3 is 1. The van der Waals surface area contributed by atoms with Crippen molar-refractivity contribution in [3.63, 3.8) is 0 Å². The molecule has 0 amide bonds. The standard InChI is InChI=1S/C13H23NO4/c1-13(2)5-4-10(18-13)8-14-7-9(15)6-11(14)12(16)17-3/h9-11,15H,4-8H2,1-3H3. The van der Waals surface area contributed by atoms with E-state index in [9.17, 15) is 9.90 Å². The maximum Gasteiger partial charge on any atom is 0.323 e. The quantitative estimate of drug-likeness (QED) is 0.748. The Morgan fingerprint density at radius 2 is 2.28 bits per heavy atom. The molecule has 104 valence electrons. The summed E-state index contributed by atoms with van der Waals surface area (Å²) in [6.07, 6.45) is 2.22. The molecule has 2 saturated heterocycles. The zero-order valence-corrected chi connectivity index (χ0v) is 11.4. The molecule has 0 spiro atoms. The fourth-order valence-corrected chi connectivity index (χ4v) is 2.93. The zero-order valence-electron chi connectivity index (χ0n) is 11.4. The first-order chi connectivity index (χ1) is 8.41. The molecule has 3 unspecified atom stereocenters.